The molecule has 98 valence electrons. The predicted molar refractivity (Wildman–Crippen MR) is 74.2 cm³/mol. The third-order valence-electron chi connectivity index (χ3n) is 4.66. The highest BCUT2D eigenvalue weighted by Crippen LogP contribution is 2.35. The van der Waals surface area contributed by atoms with Crippen molar-refractivity contribution in [2.75, 3.05) is 26.2 Å². The van der Waals surface area contributed by atoms with Gasteiger partial charge in [-0.25, -0.2) is 0 Å². The molecule has 18 heavy (non-hydrogen) atoms. The lowest BCUT2D eigenvalue weighted by Crippen LogP contribution is -2.49. The highest BCUT2D eigenvalue weighted by atomic mass is 15.2. The number of hydrogen-bond donors (Lipinski definition) is 2. The fraction of sp³-hybridized carbons (Fsp3) is 0.600. The van der Waals surface area contributed by atoms with Gasteiger partial charge in [0, 0.05) is 25.2 Å². The lowest BCUT2D eigenvalue weighted by atomic mass is 9.85. The molecule has 2 heterocycles. The Kier molecular flexibility index (Phi) is 3.37. The minimum atomic E-state index is 0.309. The van der Waals surface area contributed by atoms with E-state index in [0.29, 0.717) is 11.5 Å². The van der Waals surface area contributed by atoms with E-state index < -0.39 is 0 Å². The molecule has 0 aromatic heterocycles. The minimum absolute atomic E-state index is 0.309. The predicted octanol–water partition coefficient (Wildman–Crippen LogP) is 1.20. The maximum atomic E-state index is 5.93. The molecule has 3 nitrogen and oxygen atoms in total. The molecular formula is C15H23N3. The van der Waals surface area contributed by atoms with E-state index in [1.165, 1.54) is 24.9 Å². The molecule has 1 aromatic carbocycles. The van der Waals surface area contributed by atoms with Gasteiger partial charge in [-0.1, -0.05) is 30.3 Å². The Hall–Kier alpha value is -0.900. The lowest BCUT2D eigenvalue weighted by molar-refractivity contribution is 0.251. The van der Waals surface area contributed by atoms with Crippen LogP contribution in [0.4, 0.5) is 0 Å². The fourth-order valence-electron chi connectivity index (χ4n) is 3.63. The van der Waals surface area contributed by atoms with Gasteiger partial charge in [-0.2, -0.15) is 0 Å². The summed E-state index contributed by atoms with van der Waals surface area (Å²) in [4.78, 5) is 2.57. The number of nitrogens with zero attached hydrogens (tertiary/aromatic N) is 1. The van der Waals surface area contributed by atoms with Gasteiger partial charge in [0.05, 0.1) is 0 Å². The van der Waals surface area contributed by atoms with Crippen LogP contribution < -0.4 is 11.1 Å². The van der Waals surface area contributed by atoms with Gasteiger partial charge >= 0.3 is 0 Å². The zero-order valence-corrected chi connectivity index (χ0v) is 10.9. The first-order valence-corrected chi connectivity index (χ1v) is 7.04. The molecule has 2 fully saturated rings. The lowest BCUT2D eigenvalue weighted by Gasteiger charge is -2.31. The van der Waals surface area contributed by atoms with Crippen LogP contribution in [0.5, 0.6) is 0 Å². The van der Waals surface area contributed by atoms with Gasteiger partial charge in [-0.3, -0.25) is 4.90 Å². The van der Waals surface area contributed by atoms with Gasteiger partial charge in [0.15, 0.2) is 0 Å². The van der Waals surface area contributed by atoms with Crippen molar-refractivity contribution in [3.8, 4) is 0 Å². The molecule has 0 aliphatic carbocycles. The summed E-state index contributed by atoms with van der Waals surface area (Å²) in [5.74, 6) is 0.665. The Morgan fingerprint density at radius 2 is 2.17 bits per heavy atom. The van der Waals surface area contributed by atoms with E-state index in [2.05, 4.69) is 40.5 Å². The second-order valence-electron chi connectivity index (χ2n) is 5.75. The van der Waals surface area contributed by atoms with E-state index in [9.17, 15) is 0 Å². The monoisotopic (exact) mass is 245 g/mol. The molecule has 2 aliphatic rings. The first kappa shape index (κ1) is 12.2. The summed E-state index contributed by atoms with van der Waals surface area (Å²) in [6.07, 6.45) is 2.50. The molecule has 2 aliphatic heterocycles. The third-order valence-corrected chi connectivity index (χ3v) is 4.66. The number of likely N-dealkylation sites (tertiary alicyclic amines) is 1. The largest absolute Gasteiger partial charge is 0.330 e. The summed E-state index contributed by atoms with van der Waals surface area (Å²) in [7, 11) is 0. The standard InChI is InChI=1S/C15H23N3/c16-10-14-6-8-17-15(14)7-9-18(12-15)11-13-4-2-1-3-5-13/h1-5,14,17H,6-12,16H2. The van der Waals surface area contributed by atoms with Crippen LogP contribution in [0.1, 0.15) is 18.4 Å². The van der Waals surface area contributed by atoms with Gasteiger partial charge in [0.1, 0.15) is 0 Å². The molecule has 3 rings (SSSR count). The van der Waals surface area contributed by atoms with Crippen LogP contribution >= 0.6 is 0 Å². The zero-order chi connectivity index (χ0) is 12.4. The van der Waals surface area contributed by atoms with Crippen molar-refractivity contribution < 1.29 is 0 Å². The molecule has 3 heteroatoms. The van der Waals surface area contributed by atoms with E-state index in [1.54, 1.807) is 0 Å². The summed E-state index contributed by atoms with van der Waals surface area (Å²) in [5.41, 5.74) is 7.65. The van der Waals surface area contributed by atoms with Gasteiger partial charge in [-0.15, -0.1) is 0 Å². The molecule has 0 bridgehead atoms. The Morgan fingerprint density at radius 3 is 2.94 bits per heavy atom. The van der Waals surface area contributed by atoms with Crippen molar-refractivity contribution >= 4 is 0 Å². The van der Waals surface area contributed by atoms with Crippen molar-refractivity contribution in [1.82, 2.24) is 10.2 Å². The number of nitrogens with two attached hydrogens (primary N) is 1. The number of hydrogen-bond acceptors (Lipinski definition) is 3. The van der Waals surface area contributed by atoms with Crippen molar-refractivity contribution in [2.45, 2.75) is 24.9 Å². The molecule has 0 saturated carbocycles. The second-order valence-corrected chi connectivity index (χ2v) is 5.75. The normalized spacial score (nSPS) is 32.4. The number of nitrogens with one attached hydrogen (secondary N) is 1. The summed E-state index contributed by atoms with van der Waals surface area (Å²) in [6.45, 7) is 5.39. The average molecular weight is 245 g/mol. The van der Waals surface area contributed by atoms with Crippen LogP contribution in [0.15, 0.2) is 30.3 Å². The third kappa shape index (κ3) is 2.18. The second kappa shape index (κ2) is 5.00. The topological polar surface area (TPSA) is 41.3 Å². The maximum absolute atomic E-state index is 5.93. The molecule has 2 atom stereocenters. The smallest absolute Gasteiger partial charge is 0.0361 e. The van der Waals surface area contributed by atoms with E-state index in [1.807, 2.05) is 0 Å². The van der Waals surface area contributed by atoms with Crippen LogP contribution in [-0.4, -0.2) is 36.6 Å². The van der Waals surface area contributed by atoms with Gasteiger partial charge < -0.3 is 11.1 Å². The van der Waals surface area contributed by atoms with Crippen molar-refractivity contribution in [2.24, 2.45) is 11.7 Å². The van der Waals surface area contributed by atoms with Crippen molar-refractivity contribution in [1.29, 1.82) is 0 Å². The van der Waals surface area contributed by atoms with Crippen LogP contribution in [0.25, 0.3) is 0 Å². The molecule has 2 unspecified atom stereocenters. The number of benzene rings is 1. The molecule has 1 spiro atoms. The maximum Gasteiger partial charge on any atom is 0.0361 e. The number of rotatable bonds is 3. The fourth-order valence-corrected chi connectivity index (χ4v) is 3.63. The van der Waals surface area contributed by atoms with Crippen molar-refractivity contribution in [3.05, 3.63) is 35.9 Å². The minimum Gasteiger partial charge on any atom is -0.330 e. The Bertz CT molecular complexity index is 392. The van der Waals surface area contributed by atoms with Gasteiger partial charge in [-0.05, 0) is 37.4 Å². The van der Waals surface area contributed by atoms with Crippen molar-refractivity contribution in [3.63, 3.8) is 0 Å². The van der Waals surface area contributed by atoms with Crippen LogP contribution in [0.2, 0.25) is 0 Å². The molecule has 0 radical (unpaired) electrons. The summed E-state index contributed by atoms with van der Waals surface area (Å²) in [5, 5.41) is 3.73. The van der Waals surface area contributed by atoms with Crippen LogP contribution in [0.3, 0.4) is 0 Å². The van der Waals surface area contributed by atoms with E-state index in [-0.39, 0.29) is 0 Å². The first-order valence-electron chi connectivity index (χ1n) is 7.04. The zero-order valence-electron chi connectivity index (χ0n) is 10.9. The average Bonchev–Trinajstić information content (AvgIpc) is 2.99. The SMILES string of the molecule is NCC1CCNC12CCN(Cc1ccccc1)C2. The quantitative estimate of drug-likeness (QED) is 0.841. The van der Waals surface area contributed by atoms with Crippen LogP contribution in [0, 0.1) is 5.92 Å². The molecule has 3 N–H and O–H groups in total. The van der Waals surface area contributed by atoms with E-state index in [4.69, 9.17) is 5.73 Å². The Labute approximate surface area is 109 Å². The molecule has 1 aromatic rings. The summed E-state index contributed by atoms with van der Waals surface area (Å²) < 4.78 is 0. The van der Waals surface area contributed by atoms with E-state index >= 15 is 0 Å². The highest BCUT2D eigenvalue weighted by molar-refractivity contribution is 5.15. The Morgan fingerprint density at radius 1 is 1.33 bits per heavy atom. The van der Waals surface area contributed by atoms with Gasteiger partial charge in [0.2, 0.25) is 0 Å². The summed E-state index contributed by atoms with van der Waals surface area (Å²) >= 11 is 0. The van der Waals surface area contributed by atoms with E-state index in [0.717, 1.165) is 26.2 Å². The summed E-state index contributed by atoms with van der Waals surface area (Å²) in [6, 6.07) is 10.8. The molecular weight excluding hydrogens is 222 g/mol. The Balaban J connectivity index is 1.65. The molecule has 0 amide bonds. The van der Waals surface area contributed by atoms with Crippen LogP contribution in [-0.2, 0) is 6.54 Å². The highest BCUT2D eigenvalue weighted by Gasteiger charge is 2.46. The van der Waals surface area contributed by atoms with Gasteiger partial charge in [0.25, 0.3) is 0 Å². The molecule has 2 saturated heterocycles. The first-order chi connectivity index (χ1) is 8.82.